The van der Waals surface area contributed by atoms with Gasteiger partial charge in [0.1, 0.15) is 0 Å². The molecule has 0 saturated carbocycles. The lowest BCUT2D eigenvalue weighted by atomic mass is 10.0. The predicted octanol–water partition coefficient (Wildman–Crippen LogP) is 2.36. The first kappa shape index (κ1) is 13.5. The van der Waals surface area contributed by atoms with E-state index in [1.807, 2.05) is 0 Å². The number of hydrogen-bond donors (Lipinski definition) is 1. The molecule has 0 amide bonds. The first-order valence-corrected chi connectivity index (χ1v) is 6.65. The Balaban J connectivity index is 1.79. The van der Waals surface area contributed by atoms with Crippen LogP contribution < -0.4 is 5.73 Å². The molecule has 2 N–H and O–H groups in total. The van der Waals surface area contributed by atoms with Crippen molar-refractivity contribution >= 4 is 0 Å². The van der Waals surface area contributed by atoms with Crippen LogP contribution in [0.15, 0.2) is 18.2 Å². The fourth-order valence-electron chi connectivity index (χ4n) is 2.17. The highest BCUT2D eigenvalue weighted by molar-refractivity contribution is 5.31. The largest absolute Gasteiger partial charge is 0.381 e. The lowest BCUT2D eigenvalue weighted by Crippen LogP contribution is -2.20. The smallest absolute Gasteiger partial charge is 0.0659 e. The number of aryl methyl sites for hydroxylation is 2. The number of benzene rings is 1. The van der Waals surface area contributed by atoms with Crippen LogP contribution in [0.1, 0.15) is 29.2 Å². The van der Waals surface area contributed by atoms with Crippen LogP contribution in [0, 0.1) is 19.8 Å². The van der Waals surface area contributed by atoms with Crippen LogP contribution in [-0.4, -0.2) is 26.4 Å². The van der Waals surface area contributed by atoms with Crippen molar-refractivity contribution in [3.8, 4) is 0 Å². The van der Waals surface area contributed by atoms with Crippen molar-refractivity contribution in [3.63, 3.8) is 0 Å². The Labute approximate surface area is 109 Å². The van der Waals surface area contributed by atoms with E-state index in [0.717, 1.165) is 31.8 Å². The van der Waals surface area contributed by atoms with Crippen molar-refractivity contribution in [1.82, 2.24) is 0 Å². The Morgan fingerprint density at radius 2 is 2.22 bits per heavy atom. The molecule has 0 bridgehead atoms. The van der Waals surface area contributed by atoms with Gasteiger partial charge in [-0.05, 0) is 37.0 Å². The summed E-state index contributed by atoms with van der Waals surface area (Å²) in [6.45, 7) is 7.27. The summed E-state index contributed by atoms with van der Waals surface area (Å²) in [6.07, 6.45) is 1.11. The van der Waals surface area contributed by atoms with Crippen LogP contribution in [0.2, 0.25) is 0 Å². The maximum atomic E-state index is 6.14. The summed E-state index contributed by atoms with van der Waals surface area (Å²) < 4.78 is 11.0. The SMILES string of the molecule is Cc1ccc(C(N)COCC2CCOC2)cc1C. The second kappa shape index (κ2) is 6.32. The average molecular weight is 249 g/mol. The van der Waals surface area contributed by atoms with Gasteiger partial charge in [-0.1, -0.05) is 18.2 Å². The predicted molar refractivity (Wildman–Crippen MR) is 72.6 cm³/mol. The van der Waals surface area contributed by atoms with Gasteiger partial charge in [0.05, 0.1) is 25.9 Å². The normalized spacial score (nSPS) is 21.2. The van der Waals surface area contributed by atoms with E-state index in [2.05, 4.69) is 32.0 Å². The van der Waals surface area contributed by atoms with Gasteiger partial charge in [-0.15, -0.1) is 0 Å². The van der Waals surface area contributed by atoms with Gasteiger partial charge in [-0.2, -0.15) is 0 Å². The number of nitrogens with two attached hydrogens (primary N) is 1. The maximum Gasteiger partial charge on any atom is 0.0659 e. The molecule has 1 fully saturated rings. The molecule has 1 aromatic carbocycles. The van der Waals surface area contributed by atoms with Crippen LogP contribution in [0.5, 0.6) is 0 Å². The summed E-state index contributed by atoms with van der Waals surface area (Å²) in [5, 5.41) is 0. The molecule has 2 rings (SSSR count). The van der Waals surface area contributed by atoms with Crippen molar-refractivity contribution < 1.29 is 9.47 Å². The van der Waals surface area contributed by atoms with Crippen LogP contribution in [0.3, 0.4) is 0 Å². The molecular weight excluding hydrogens is 226 g/mol. The molecule has 1 aliphatic heterocycles. The van der Waals surface area contributed by atoms with Crippen LogP contribution >= 0.6 is 0 Å². The van der Waals surface area contributed by atoms with Gasteiger partial charge >= 0.3 is 0 Å². The Morgan fingerprint density at radius 1 is 1.39 bits per heavy atom. The highest BCUT2D eigenvalue weighted by Crippen LogP contribution is 2.17. The van der Waals surface area contributed by atoms with Crippen molar-refractivity contribution in [2.45, 2.75) is 26.3 Å². The third-order valence-electron chi connectivity index (χ3n) is 3.63. The van der Waals surface area contributed by atoms with E-state index in [1.54, 1.807) is 0 Å². The number of rotatable bonds is 5. The molecule has 3 heteroatoms. The van der Waals surface area contributed by atoms with Crippen molar-refractivity contribution in [2.75, 3.05) is 26.4 Å². The summed E-state index contributed by atoms with van der Waals surface area (Å²) in [4.78, 5) is 0. The van der Waals surface area contributed by atoms with Crippen LogP contribution in [0.25, 0.3) is 0 Å². The van der Waals surface area contributed by atoms with Gasteiger partial charge in [-0.3, -0.25) is 0 Å². The fraction of sp³-hybridized carbons (Fsp3) is 0.600. The molecule has 0 radical (unpaired) electrons. The zero-order valence-corrected chi connectivity index (χ0v) is 11.3. The zero-order valence-electron chi connectivity index (χ0n) is 11.3. The Kier molecular flexibility index (Phi) is 4.75. The van der Waals surface area contributed by atoms with E-state index in [9.17, 15) is 0 Å². The Bertz CT molecular complexity index is 386. The number of hydrogen-bond acceptors (Lipinski definition) is 3. The molecule has 1 saturated heterocycles. The molecule has 0 aromatic heterocycles. The van der Waals surface area contributed by atoms with Crippen molar-refractivity contribution in [1.29, 1.82) is 0 Å². The third-order valence-corrected chi connectivity index (χ3v) is 3.63. The Morgan fingerprint density at radius 3 is 2.89 bits per heavy atom. The molecular formula is C15H23NO2. The van der Waals surface area contributed by atoms with E-state index < -0.39 is 0 Å². The Hall–Kier alpha value is -0.900. The third kappa shape index (κ3) is 3.55. The average Bonchev–Trinajstić information content (AvgIpc) is 2.85. The summed E-state index contributed by atoms with van der Waals surface area (Å²) in [5.74, 6) is 0.553. The standard InChI is InChI=1S/C15H23NO2/c1-11-3-4-14(7-12(11)2)15(16)10-18-9-13-5-6-17-8-13/h3-4,7,13,15H,5-6,8-10,16H2,1-2H3. The van der Waals surface area contributed by atoms with E-state index in [1.165, 1.54) is 11.1 Å². The minimum absolute atomic E-state index is 0.0355. The summed E-state index contributed by atoms with van der Waals surface area (Å²) in [6, 6.07) is 6.33. The fourth-order valence-corrected chi connectivity index (χ4v) is 2.17. The van der Waals surface area contributed by atoms with E-state index in [4.69, 9.17) is 15.2 Å². The first-order chi connectivity index (χ1) is 8.66. The zero-order chi connectivity index (χ0) is 13.0. The topological polar surface area (TPSA) is 44.5 Å². The molecule has 3 nitrogen and oxygen atoms in total. The molecule has 1 aromatic rings. The van der Waals surface area contributed by atoms with Gasteiger partial charge in [0.2, 0.25) is 0 Å². The minimum atomic E-state index is -0.0355. The maximum absolute atomic E-state index is 6.14. The number of ether oxygens (including phenoxy) is 2. The van der Waals surface area contributed by atoms with Gasteiger partial charge in [0.15, 0.2) is 0 Å². The lowest BCUT2D eigenvalue weighted by molar-refractivity contribution is 0.0808. The molecule has 1 aliphatic rings. The van der Waals surface area contributed by atoms with Crippen LogP contribution in [-0.2, 0) is 9.47 Å². The summed E-state index contributed by atoms with van der Waals surface area (Å²) >= 11 is 0. The molecule has 2 unspecified atom stereocenters. The van der Waals surface area contributed by atoms with E-state index >= 15 is 0 Å². The lowest BCUT2D eigenvalue weighted by Gasteiger charge is -2.15. The van der Waals surface area contributed by atoms with E-state index in [0.29, 0.717) is 12.5 Å². The van der Waals surface area contributed by atoms with Gasteiger partial charge in [0, 0.05) is 12.5 Å². The molecule has 0 spiro atoms. The second-order valence-electron chi connectivity index (χ2n) is 5.22. The minimum Gasteiger partial charge on any atom is -0.381 e. The summed E-state index contributed by atoms with van der Waals surface area (Å²) in [7, 11) is 0. The monoisotopic (exact) mass is 249 g/mol. The highest BCUT2D eigenvalue weighted by Gasteiger charge is 2.16. The molecule has 100 valence electrons. The van der Waals surface area contributed by atoms with Gasteiger partial charge in [0.25, 0.3) is 0 Å². The quantitative estimate of drug-likeness (QED) is 0.871. The van der Waals surface area contributed by atoms with Crippen LogP contribution in [0.4, 0.5) is 0 Å². The molecule has 0 aliphatic carbocycles. The first-order valence-electron chi connectivity index (χ1n) is 6.65. The molecule has 2 atom stereocenters. The summed E-state index contributed by atoms with van der Waals surface area (Å²) in [5.41, 5.74) is 9.88. The molecule has 18 heavy (non-hydrogen) atoms. The van der Waals surface area contributed by atoms with Gasteiger partial charge in [-0.25, -0.2) is 0 Å². The van der Waals surface area contributed by atoms with Gasteiger partial charge < -0.3 is 15.2 Å². The highest BCUT2D eigenvalue weighted by atomic mass is 16.5. The molecule has 1 heterocycles. The van der Waals surface area contributed by atoms with Crippen molar-refractivity contribution in [3.05, 3.63) is 34.9 Å². The van der Waals surface area contributed by atoms with Crippen molar-refractivity contribution in [2.24, 2.45) is 11.7 Å². The van der Waals surface area contributed by atoms with E-state index in [-0.39, 0.29) is 6.04 Å². The second-order valence-corrected chi connectivity index (χ2v) is 5.22.